The zero-order valence-corrected chi connectivity index (χ0v) is 16.3. The average molecular weight is 430 g/mol. The third-order valence-electron chi connectivity index (χ3n) is 4.68. The van der Waals surface area contributed by atoms with E-state index in [4.69, 9.17) is 0 Å². The van der Waals surface area contributed by atoms with Gasteiger partial charge in [-0.15, -0.1) is 5.11 Å². The summed E-state index contributed by atoms with van der Waals surface area (Å²) in [6.45, 7) is 0.155. The van der Waals surface area contributed by atoms with Gasteiger partial charge in [0.05, 0.1) is 35.0 Å². The van der Waals surface area contributed by atoms with Gasteiger partial charge in [0.1, 0.15) is 6.54 Å². The highest BCUT2D eigenvalue weighted by molar-refractivity contribution is 5.59. The molecule has 10 heteroatoms. The van der Waals surface area contributed by atoms with Crippen molar-refractivity contribution >= 4 is 17.3 Å². The average Bonchev–Trinajstić information content (AvgIpc) is 3.55. The highest BCUT2D eigenvalue weighted by Crippen LogP contribution is 2.33. The molecule has 0 radical (unpaired) electrons. The molecule has 3 aromatic rings. The van der Waals surface area contributed by atoms with Gasteiger partial charge in [-0.1, -0.05) is 6.07 Å². The molecule has 160 valence electrons. The van der Waals surface area contributed by atoms with Gasteiger partial charge in [0.25, 0.3) is 5.95 Å². The maximum Gasteiger partial charge on any atom is 0.416 e. The van der Waals surface area contributed by atoms with Crippen LogP contribution in [0.3, 0.4) is 0 Å². The third kappa shape index (κ3) is 5.80. The fourth-order valence-electron chi connectivity index (χ4n) is 2.88. The number of pyridine rings is 1. The van der Waals surface area contributed by atoms with Crippen LogP contribution in [0, 0.1) is 11.7 Å². The number of alkyl halides is 3. The van der Waals surface area contributed by atoms with Gasteiger partial charge < -0.3 is 5.32 Å². The molecule has 1 N–H and O–H groups in total. The maximum atomic E-state index is 13.8. The van der Waals surface area contributed by atoms with Crippen LogP contribution >= 0.6 is 0 Å². The number of nitrogens with zero attached hydrogens (tertiary/aromatic N) is 5. The van der Waals surface area contributed by atoms with Crippen molar-refractivity contribution in [2.45, 2.75) is 32.0 Å². The van der Waals surface area contributed by atoms with Crippen LogP contribution in [0.4, 0.5) is 34.9 Å². The molecule has 0 unspecified atom stereocenters. The van der Waals surface area contributed by atoms with Crippen LogP contribution in [0.15, 0.2) is 59.0 Å². The number of aromatic nitrogens is 3. The van der Waals surface area contributed by atoms with E-state index in [1.807, 2.05) is 0 Å². The summed E-state index contributed by atoms with van der Waals surface area (Å²) in [7, 11) is 0. The molecule has 1 aliphatic carbocycles. The third-order valence-corrected chi connectivity index (χ3v) is 4.68. The van der Waals surface area contributed by atoms with Crippen LogP contribution in [0.1, 0.15) is 29.8 Å². The fraction of sp³-hybridized carbons (Fsp3) is 0.286. The topological polar surface area (TPSA) is 75.4 Å². The summed E-state index contributed by atoms with van der Waals surface area (Å²) < 4.78 is 52.2. The lowest BCUT2D eigenvalue weighted by molar-refractivity contribution is -0.137. The summed E-state index contributed by atoms with van der Waals surface area (Å²) in [4.78, 5) is 12.2. The molecule has 1 saturated carbocycles. The molecule has 1 aliphatic rings. The Morgan fingerprint density at radius 2 is 1.87 bits per heavy atom. The molecule has 2 aromatic heterocycles. The zero-order valence-electron chi connectivity index (χ0n) is 16.3. The Bertz CT molecular complexity index is 1080. The molecule has 6 nitrogen and oxygen atoms in total. The Morgan fingerprint density at radius 3 is 2.58 bits per heavy atom. The van der Waals surface area contributed by atoms with Crippen LogP contribution in [-0.4, -0.2) is 15.0 Å². The maximum absolute atomic E-state index is 13.8. The van der Waals surface area contributed by atoms with Crippen LogP contribution in [0.5, 0.6) is 0 Å². The molecule has 0 aliphatic heterocycles. The van der Waals surface area contributed by atoms with Crippen molar-refractivity contribution < 1.29 is 17.6 Å². The lowest BCUT2D eigenvalue weighted by atomic mass is 10.2. The predicted molar refractivity (Wildman–Crippen MR) is 106 cm³/mol. The predicted octanol–water partition coefficient (Wildman–Crippen LogP) is 6.01. The molecule has 0 atom stereocenters. The molecular weight excluding hydrogens is 412 g/mol. The van der Waals surface area contributed by atoms with E-state index in [1.165, 1.54) is 18.3 Å². The normalized spacial score (nSPS) is 14.2. The van der Waals surface area contributed by atoms with E-state index in [1.54, 1.807) is 12.1 Å². The van der Waals surface area contributed by atoms with Crippen molar-refractivity contribution in [1.29, 1.82) is 0 Å². The Kier molecular flexibility index (Phi) is 5.88. The number of benzene rings is 1. The molecule has 0 bridgehead atoms. The molecule has 4 rings (SSSR count). The van der Waals surface area contributed by atoms with Crippen LogP contribution in [0.2, 0.25) is 0 Å². The molecule has 2 heterocycles. The zero-order chi connectivity index (χ0) is 21.8. The van der Waals surface area contributed by atoms with Gasteiger partial charge in [-0.05, 0) is 55.5 Å². The number of azo groups is 1. The summed E-state index contributed by atoms with van der Waals surface area (Å²) >= 11 is 0. The molecule has 1 aromatic carbocycles. The minimum atomic E-state index is -4.41. The fourth-order valence-corrected chi connectivity index (χ4v) is 2.88. The second kappa shape index (κ2) is 8.75. The first-order chi connectivity index (χ1) is 14.9. The first-order valence-electron chi connectivity index (χ1n) is 9.65. The van der Waals surface area contributed by atoms with E-state index >= 15 is 0 Å². The van der Waals surface area contributed by atoms with Gasteiger partial charge in [-0.3, -0.25) is 4.98 Å². The van der Waals surface area contributed by atoms with Crippen molar-refractivity contribution in [3.8, 4) is 0 Å². The van der Waals surface area contributed by atoms with E-state index in [-0.39, 0.29) is 12.5 Å². The summed E-state index contributed by atoms with van der Waals surface area (Å²) in [6, 6.07) is 8.28. The van der Waals surface area contributed by atoms with Crippen LogP contribution in [0.25, 0.3) is 0 Å². The molecular formula is C21H18F4N6. The van der Waals surface area contributed by atoms with E-state index in [9.17, 15) is 17.6 Å². The monoisotopic (exact) mass is 430 g/mol. The lowest BCUT2D eigenvalue weighted by Crippen LogP contribution is -2.05. The van der Waals surface area contributed by atoms with Crippen molar-refractivity contribution in [2.75, 3.05) is 5.32 Å². The second-order valence-corrected chi connectivity index (χ2v) is 7.25. The van der Waals surface area contributed by atoms with Gasteiger partial charge in [0, 0.05) is 5.69 Å². The van der Waals surface area contributed by atoms with E-state index in [0.717, 1.165) is 31.2 Å². The Balaban J connectivity index is 1.36. The first kappa shape index (κ1) is 20.8. The standard InChI is InChI=1S/C21H18F4N6/c22-18-12-27-20(30-19(18)8-13-4-5-13)31-28-11-16-6-7-17(10-26-16)29-15-3-1-2-14(9-15)21(23,24)25/h1-3,6-7,9-10,12-13,29H,4-5,8,11H2. The summed E-state index contributed by atoms with van der Waals surface area (Å²) in [5.74, 6) is 0.151. The lowest BCUT2D eigenvalue weighted by Gasteiger charge is -2.10. The summed E-state index contributed by atoms with van der Waals surface area (Å²) in [5, 5.41) is 10.8. The molecule has 0 saturated heterocycles. The van der Waals surface area contributed by atoms with Crippen molar-refractivity contribution in [3.63, 3.8) is 0 Å². The van der Waals surface area contributed by atoms with Crippen molar-refractivity contribution in [1.82, 2.24) is 15.0 Å². The highest BCUT2D eigenvalue weighted by atomic mass is 19.4. The first-order valence-corrected chi connectivity index (χ1v) is 9.65. The SMILES string of the molecule is Fc1cnc(N=NCc2ccc(Nc3cccc(C(F)(F)F)c3)cn2)nc1CC1CC1. The van der Waals surface area contributed by atoms with E-state index in [2.05, 4.69) is 30.5 Å². The Labute approximate surface area is 175 Å². The number of nitrogens with one attached hydrogen (secondary N) is 1. The molecule has 31 heavy (non-hydrogen) atoms. The van der Waals surface area contributed by atoms with Crippen molar-refractivity contribution in [3.05, 3.63) is 71.6 Å². The minimum Gasteiger partial charge on any atom is -0.354 e. The largest absolute Gasteiger partial charge is 0.416 e. The van der Waals surface area contributed by atoms with Gasteiger partial charge in [0.15, 0.2) is 5.82 Å². The molecule has 0 amide bonds. The van der Waals surface area contributed by atoms with E-state index in [0.29, 0.717) is 35.1 Å². The van der Waals surface area contributed by atoms with Crippen molar-refractivity contribution in [2.24, 2.45) is 16.1 Å². The van der Waals surface area contributed by atoms with E-state index < -0.39 is 17.6 Å². The second-order valence-electron chi connectivity index (χ2n) is 7.25. The number of hydrogen-bond donors (Lipinski definition) is 1. The smallest absolute Gasteiger partial charge is 0.354 e. The Hall–Kier alpha value is -3.43. The highest BCUT2D eigenvalue weighted by Gasteiger charge is 2.30. The number of anilines is 2. The van der Waals surface area contributed by atoms with Gasteiger partial charge >= 0.3 is 6.18 Å². The summed E-state index contributed by atoms with van der Waals surface area (Å²) in [5.41, 5.74) is 1.06. The van der Waals surface area contributed by atoms with Gasteiger partial charge in [-0.2, -0.15) is 18.3 Å². The molecule has 0 spiro atoms. The number of hydrogen-bond acceptors (Lipinski definition) is 6. The molecule has 1 fully saturated rings. The van der Waals surface area contributed by atoms with Gasteiger partial charge in [-0.25, -0.2) is 14.4 Å². The minimum absolute atomic E-state index is 0.0971. The number of halogens is 4. The number of rotatable bonds is 7. The van der Waals surface area contributed by atoms with Gasteiger partial charge in [0.2, 0.25) is 0 Å². The quantitative estimate of drug-likeness (QED) is 0.368. The van der Waals surface area contributed by atoms with Crippen LogP contribution < -0.4 is 5.32 Å². The van der Waals surface area contributed by atoms with Crippen LogP contribution in [-0.2, 0) is 19.1 Å². The summed E-state index contributed by atoms with van der Waals surface area (Å²) in [6.07, 6.45) is 0.949. The Morgan fingerprint density at radius 1 is 1.03 bits per heavy atom.